The van der Waals surface area contributed by atoms with Crippen LogP contribution in [0.5, 0.6) is 0 Å². The fraction of sp³-hybridized carbons (Fsp3) is 1.00. The molecule has 2 aliphatic heterocycles. The first kappa shape index (κ1) is 12.3. The van der Waals surface area contributed by atoms with Gasteiger partial charge in [-0.15, -0.1) is 0 Å². The van der Waals surface area contributed by atoms with E-state index in [1.54, 1.807) is 0 Å². The number of nitrogens with one attached hydrogen (secondary N) is 1. The first-order valence-electron chi connectivity index (χ1n) is 6.87. The predicted octanol–water partition coefficient (Wildman–Crippen LogP) is 1.49. The van der Waals surface area contributed by atoms with Gasteiger partial charge < -0.3 is 10.1 Å². The van der Waals surface area contributed by atoms with Gasteiger partial charge >= 0.3 is 0 Å². The van der Waals surface area contributed by atoms with Crippen LogP contribution in [0.4, 0.5) is 0 Å². The van der Waals surface area contributed by atoms with E-state index in [4.69, 9.17) is 4.74 Å². The Bertz CT molecular complexity index is 202. The molecule has 2 saturated heterocycles. The summed E-state index contributed by atoms with van der Waals surface area (Å²) in [5, 5.41) is 3.48. The third-order valence-corrected chi connectivity index (χ3v) is 4.09. The Kier molecular flexibility index (Phi) is 4.62. The van der Waals surface area contributed by atoms with E-state index in [1.165, 1.54) is 45.4 Å². The predicted molar refractivity (Wildman–Crippen MR) is 66.7 cm³/mol. The van der Waals surface area contributed by atoms with Crippen LogP contribution in [0.2, 0.25) is 0 Å². The van der Waals surface area contributed by atoms with Crippen LogP contribution in [-0.4, -0.2) is 49.8 Å². The molecule has 0 aliphatic carbocycles. The third kappa shape index (κ3) is 2.96. The molecule has 2 heterocycles. The standard InChI is InChI=1S/C13H26N2O/c1-3-16-12-5-8-15(9-6-12)13-4-7-14-10-11(13)2/h11-14H,3-10H2,1-2H3. The maximum Gasteiger partial charge on any atom is 0.0599 e. The zero-order valence-corrected chi connectivity index (χ0v) is 10.7. The van der Waals surface area contributed by atoms with Crippen LogP contribution < -0.4 is 5.32 Å². The first-order chi connectivity index (χ1) is 7.81. The summed E-state index contributed by atoms with van der Waals surface area (Å²) in [4.78, 5) is 2.70. The van der Waals surface area contributed by atoms with Crippen molar-refractivity contribution in [1.82, 2.24) is 10.2 Å². The molecule has 1 N–H and O–H groups in total. The lowest BCUT2D eigenvalue weighted by atomic mass is 9.91. The Morgan fingerprint density at radius 3 is 2.62 bits per heavy atom. The SMILES string of the molecule is CCOC1CCN(C2CCNCC2C)CC1. The molecule has 0 aromatic heterocycles. The smallest absolute Gasteiger partial charge is 0.0599 e. The highest BCUT2D eigenvalue weighted by atomic mass is 16.5. The van der Waals surface area contributed by atoms with Crippen molar-refractivity contribution < 1.29 is 4.74 Å². The lowest BCUT2D eigenvalue weighted by molar-refractivity contribution is -0.00662. The second-order valence-electron chi connectivity index (χ2n) is 5.23. The highest BCUT2D eigenvalue weighted by molar-refractivity contribution is 4.86. The summed E-state index contributed by atoms with van der Waals surface area (Å²) >= 11 is 0. The van der Waals surface area contributed by atoms with Gasteiger partial charge in [0.1, 0.15) is 0 Å². The Morgan fingerprint density at radius 1 is 1.25 bits per heavy atom. The molecular formula is C13H26N2O. The Labute approximate surface area is 99.5 Å². The van der Waals surface area contributed by atoms with Gasteiger partial charge in [0.25, 0.3) is 0 Å². The van der Waals surface area contributed by atoms with Crippen molar-refractivity contribution in [2.75, 3.05) is 32.8 Å². The summed E-state index contributed by atoms with van der Waals surface area (Å²) in [5.41, 5.74) is 0. The molecule has 3 heteroatoms. The number of rotatable bonds is 3. The molecule has 2 rings (SSSR count). The zero-order chi connectivity index (χ0) is 11.4. The molecule has 2 unspecified atom stereocenters. The van der Waals surface area contributed by atoms with Crippen molar-refractivity contribution in [2.24, 2.45) is 5.92 Å². The fourth-order valence-electron chi connectivity index (χ4n) is 3.15. The normalized spacial score (nSPS) is 34.1. The van der Waals surface area contributed by atoms with Crippen LogP contribution in [0.25, 0.3) is 0 Å². The molecule has 2 atom stereocenters. The van der Waals surface area contributed by atoms with Crippen LogP contribution in [0.1, 0.15) is 33.1 Å². The first-order valence-corrected chi connectivity index (χ1v) is 6.87. The topological polar surface area (TPSA) is 24.5 Å². The number of hydrogen-bond donors (Lipinski definition) is 1. The number of piperidine rings is 2. The van der Waals surface area contributed by atoms with Gasteiger partial charge in [-0.1, -0.05) is 6.92 Å². The number of likely N-dealkylation sites (tertiary alicyclic amines) is 1. The molecule has 0 spiro atoms. The van der Waals surface area contributed by atoms with E-state index < -0.39 is 0 Å². The minimum absolute atomic E-state index is 0.526. The summed E-state index contributed by atoms with van der Waals surface area (Å²) in [7, 11) is 0. The van der Waals surface area contributed by atoms with E-state index in [1.807, 2.05) is 0 Å². The minimum atomic E-state index is 0.526. The van der Waals surface area contributed by atoms with Crippen LogP contribution in [0, 0.1) is 5.92 Å². The molecule has 0 aromatic carbocycles. The monoisotopic (exact) mass is 226 g/mol. The number of hydrogen-bond acceptors (Lipinski definition) is 3. The molecule has 0 aromatic rings. The molecule has 0 bridgehead atoms. The van der Waals surface area contributed by atoms with Crippen LogP contribution in [0.3, 0.4) is 0 Å². The summed E-state index contributed by atoms with van der Waals surface area (Å²) in [5.74, 6) is 0.803. The lowest BCUT2D eigenvalue weighted by Crippen LogP contribution is -2.51. The molecule has 0 amide bonds. The Morgan fingerprint density at radius 2 is 2.00 bits per heavy atom. The largest absolute Gasteiger partial charge is 0.378 e. The minimum Gasteiger partial charge on any atom is -0.378 e. The van der Waals surface area contributed by atoms with Crippen molar-refractivity contribution >= 4 is 0 Å². The molecule has 3 nitrogen and oxygen atoms in total. The molecule has 16 heavy (non-hydrogen) atoms. The zero-order valence-electron chi connectivity index (χ0n) is 10.7. The molecule has 0 radical (unpaired) electrons. The van der Waals surface area contributed by atoms with Crippen molar-refractivity contribution in [2.45, 2.75) is 45.3 Å². The van der Waals surface area contributed by atoms with Crippen molar-refractivity contribution in [3.63, 3.8) is 0 Å². The molecule has 2 fully saturated rings. The Hall–Kier alpha value is -0.120. The van der Waals surface area contributed by atoms with E-state index in [2.05, 4.69) is 24.1 Å². The fourth-order valence-corrected chi connectivity index (χ4v) is 3.15. The maximum absolute atomic E-state index is 5.71. The summed E-state index contributed by atoms with van der Waals surface area (Å²) in [6.45, 7) is 10.2. The van der Waals surface area contributed by atoms with Gasteiger partial charge in [0.2, 0.25) is 0 Å². The van der Waals surface area contributed by atoms with Gasteiger partial charge in [0.05, 0.1) is 6.10 Å². The van der Waals surface area contributed by atoms with Crippen molar-refractivity contribution in [3.05, 3.63) is 0 Å². The molecular weight excluding hydrogens is 200 g/mol. The van der Waals surface area contributed by atoms with E-state index >= 15 is 0 Å². The maximum atomic E-state index is 5.71. The van der Waals surface area contributed by atoms with Gasteiger partial charge in [0.15, 0.2) is 0 Å². The van der Waals surface area contributed by atoms with Crippen molar-refractivity contribution in [1.29, 1.82) is 0 Å². The van der Waals surface area contributed by atoms with E-state index in [0.717, 1.165) is 18.6 Å². The van der Waals surface area contributed by atoms with Gasteiger partial charge in [-0.2, -0.15) is 0 Å². The molecule has 2 aliphatic rings. The molecule has 94 valence electrons. The average molecular weight is 226 g/mol. The number of ether oxygens (including phenoxy) is 1. The Balaban J connectivity index is 1.79. The van der Waals surface area contributed by atoms with Gasteiger partial charge in [-0.3, -0.25) is 4.90 Å². The van der Waals surface area contributed by atoms with Crippen molar-refractivity contribution in [3.8, 4) is 0 Å². The van der Waals surface area contributed by atoms with Crippen LogP contribution in [0.15, 0.2) is 0 Å². The lowest BCUT2D eigenvalue weighted by Gasteiger charge is -2.42. The van der Waals surface area contributed by atoms with Gasteiger partial charge in [0, 0.05) is 25.7 Å². The van der Waals surface area contributed by atoms with E-state index in [9.17, 15) is 0 Å². The van der Waals surface area contributed by atoms with Crippen LogP contribution >= 0.6 is 0 Å². The van der Waals surface area contributed by atoms with E-state index in [0.29, 0.717) is 6.10 Å². The quantitative estimate of drug-likeness (QED) is 0.789. The van der Waals surface area contributed by atoms with E-state index in [-0.39, 0.29) is 0 Å². The second kappa shape index (κ2) is 5.99. The highest BCUT2D eigenvalue weighted by Crippen LogP contribution is 2.23. The summed E-state index contributed by atoms with van der Waals surface area (Å²) in [6, 6.07) is 0.809. The average Bonchev–Trinajstić information content (AvgIpc) is 2.31. The molecule has 0 saturated carbocycles. The highest BCUT2D eigenvalue weighted by Gasteiger charge is 2.30. The van der Waals surface area contributed by atoms with Crippen LogP contribution in [-0.2, 0) is 4.74 Å². The van der Waals surface area contributed by atoms with Gasteiger partial charge in [-0.05, 0) is 45.2 Å². The van der Waals surface area contributed by atoms with Gasteiger partial charge in [-0.25, -0.2) is 0 Å². The second-order valence-corrected chi connectivity index (χ2v) is 5.23. The number of nitrogens with zero attached hydrogens (tertiary/aromatic N) is 1. The summed E-state index contributed by atoms with van der Waals surface area (Å²) in [6.07, 6.45) is 4.30. The third-order valence-electron chi connectivity index (χ3n) is 4.09. The summed E-state index contributed by atoms with van der Waals surface area (Å²) < 4.78 is 5.71.